The zero-order valence-corrected chi connectivity index (χ0v) is 31.2. The van der Waals surface area contributed by atoms with Crippen LogP contribution in [0, 0.1) is 6.92 Å². The molecule has 0 radical (unpaired) electrons. The molecule has 0 heterocycles. The van der Waals surface area contributed by atoms with Crippen molar-refractivity contribution in [3.05, 3.63) is 109 Å². The number of aryl methyl sites for hydroxylation is 1. The minimum atomic E-state index is -4.90. The molecule has 46 heavy (non-hydrogen) atoms. The molecule has 0 aliphatic heterocycles. The second kappa shape index (κ2) is 15.8. The van der Waals surface area contributed by atoms with E-state index in [0.717, 1.165) is 17.3 Å². The van der Waals surface area contributed by atoms with E-state index in [1.807, 2.05) is 43.0 Å². The Bertz CT molecular complexity index is 2140. The van der Waals surface area contributed by atoms with Gasteiger partial charge in [-0.15, -0.1) is 15.3 Å². The summed E-state index contributed by atoms with van der Waals surface area (Å²) < 4.78 is 70.9. The molecule has 0 aliphatic rings. The van der Waals surface area contributed by atoms with E-state index in [2.05, 4.69) is 20.5 Å². The summed E-state index contributed by atoms with van der Waals surface area (Å²) in [6.07, 6.45) is 0. The number of fused-ring (bicyclic) bond motifs is 1. The first-order valence-electron chi connectivity index (χ1n) is 13.3. The second-order valence-corrected chi connectivity index (χ2v) is 12.4. The Labute approximate surface area is 311 Å². The number of anilines is 2. The van der Waals surface area contributed by atoms with Crippen LogP contribution in [-0.4, -0.2) is 32.5 Å². The van der Waals surface area contributed by atoms with Gasteiger partial charge >= 0.3 is 59.1 Å². The van der Waals surface area contributed by atoms with E-state index in [0.29, 0.717) is 34.4 Å². The van der Waals surface area contributed by atoms with Crippen LogP contribution in [0.4, 0.5) is 34.1 Å². The first-order chi connectivity index (χ1) is 20.9. The monoisotopic (exact) mass is 673 g/mol. The third kappa shape index (κ3) is 8.95. The summed E-state index contributed by atoms with van der Waals surface area (Å²) >= 11 is 0. The zero-order valence-electron chi connectivity index (χ0n) is 25.5. The first-order valence-corrected chi connectivity index (χ1v) is 16.1. The van der Waals surface area contributed by atoms with Gasteiger partial charge in [-0.1, -0.05) is 48.0 Å². The maximum atomic E-state index is 12.3. The molecule has 0 saturated heterocycles. The maximum absolute atomic E-state index is 12.3. The fraction of sp³-hybridized carbons (Fsp3) is 0.0968. The summed E-state index contributed by atoms with van der Waals surface area (Å²) in [5.74, 6) is 0. The third-order valence-electron chi connectivity index (χ3n) is 6.71. The van der Waals surface area contributed by atoms with Gasteiger partial charge in [-0.3, -0.25) is 0 Å². The molecule has 15 heteroatoms. The Morgan fingerprint density at radius 3 is 1.72 bits per heavy atom. The van der Waals surface area contributed by atoms with Crippen LogP contribution in [-0.2, 0) is 20.2 Å². The summed E-state index contributed by atoms with van der Waals surface area (Å²) in [7, 11) is -9.55. The molecule has 0 aromatic heterocycles. The molecule has 0 N–H and O–H groups in total. The number of rotatable bonds is 9. The number of azo groups is 2. The molecule has 0 spiro atoms. The van der Waals surface area contributed by atoms with Crippen molar-refractivity contribution in [1.82, 2.24) is 0 Å². The molecular weight excluding hydrogens is 648 g/mol. The van der Waals surface area contributed by atoms with E-state index in [4.69, 9.17) is 0 Å². The van der Waals surface area contributed by atoms with Crippen molar-refractivity contribution >= 4 is 65.1 Å². The zero-order chi connectivity index (χ0) is 31.5. The SMILES string of the molecule is CCN(c1ccc(C)cc1)c1ccc(N=Nc2ccc(N=Nc3cccc(S(=O)(=O)[O-])c3)c3ccccc23)c(S(=O)(=O)[O-])c1.[Na+].[Na+]. The van der Waals surface area contributed by atoms with E-state index < -0.39 is 30.0 Å². The largest absolute Gasteiger partial charge is 1.00 e. The van der Waals surface area contributed by atoms with Gasteiger partial charge in [0.15, 0.2) is 0 Å². The number of hydrogen-bond donors (Lipinski definition) is 0. The molecule has 224 valence electrons. The van der Waals surface area contributed by atoms with Crippen LogP contribution < -0.4 is 64.0 Å². The predicted molar refractivity (Wildman–Crippen MR) is 165 cm³/mol. The van der Waals surface area contributed by atoms with Crippen molar-refractivity contribution in [3.8, 4) is 0 Å². The molecule has 11 nitrogen and oxygen atoms in total. The van der Waals surface area contributed by atoms with Gasteiger partial charge in [0, 0.05) is 28.7 Å². The molecule has 5 rings (SSSR count). The van der Waals surface area contributed by atoms with Crippen LogP contribution in [0.25, 0.3) is 10.8 Å². The summed E-state index contributed by atoms with van der Waals surface area (Å²) in [6.45, 7) is 4.42. The molecule has 0 atom stereocenters. The fourth-order valence-corrected chi connectivity index (χ4v) is 5.70. The number of benzene rings is 5. The average molecular weight is 674 g/mol. The summed E-state index contributed by atoms with van der Waals surface area (Å²) in [5.41, 5.74) is 3.32. The fourth-order valence-electron chi connectivity index (χ4n) is 4.55. The van der Waals surface area contributed by atoms with Crippen LogP contribution in [0.15, 0.2) is 133 Å². The third-order valence-corrected chi connectivity index (χ3v) is 8.41. The number of nitrogens with zero attached hydrogens (tertiary/aromatic N) is 5. The predicted octanol–water partition coefficient (Wildman–Crippen LogP) is 1.95. The molecule has 0 saturated carbocycles. The van der Waals surface area contributed by atoms with Gasteiger partial charge in [0.2, 0.25) is 0 Å². The van der Waals surface area contributed by atoms with Crippen LogP contribution >= 0.6 is 0 Å². The van der Waals surface area contributed by atoms with Gasteiger partial charge in [0.1, 0.15) is 25.9 Å². The molecule has 0 unspecified atom stereocenters. The molecular formula is C31H25N5Na2O6S2. The van der Waals surface area contributed by atoms with E-state index in [9.17, 15) is 25.9 Å². The van der Waals surface area contributed by atoms with E-state index in [1.165, 1.54) is 30.3 Å². The standard InChI is InChI=1S/C31H27N5O6S2.2Na/c1-3-36(23-13-11-21(2)12-14-23)24-15-16-30(31(20-24)44(40,41)42)35-34-29-18-17-28(26-9-4-5-10-27(26)29)33-32-22-7-6-8-25(19-22)43(37,38)39;;/h4-20H,3H2,1-2H3,(H,37,38,39)(H,40,41,42);;/q;2*+1/p-2. The van der Waals surface area contributed by atoms with Gasteiger partial charge in [-0.05, 0) is 74.5 Å². The topological polar surface area (TPSA) is 167 Å². The Morgan fingerprint density at radius 1 is 0.609 bits per heavy atom. The van der Waals surface area contributed by atoms with Gasteiger partial charge in [0.05, 0.1) is 26.9 Å². The van der Waals surface area contributed by atoms with Crippen LogP contribution in [0.5, 0.6) is 0 Å². The Hall–Kier alpha value is -2.82. The van der Waals surface area contributed by atoms with E-state index in [-0.39, 0.29) is 70.5 Å². The van der Waals surface area contributed by atoms with Crippen molar-refractivity contribution in [2.45, 2.75) is 23.6 Å². The molecule has 0 fully saturated rings. The Kier molecular flexibility index (Phi) is 13.0. The van der Waals surface area contributed by atoms with Crippen LogP contribution in [0.3, 0.4) is 0 Å². The van der Waals surface area contributed by atoms with Crippen molar-refractivity contribution in [1.29, 1.82) is 0 Å². The van der Waals surface area contributed by atoms with Crippen molar-refractivity contribution in [2.75, 3.05) is 11.4 Å². The average Bonchev–Trinajstić information content (AvgIpc) is 3.00. The van der Waals surface area contributed by atoms with Gasteiger partial charge in [0.25, 0.3) is 0 Å². The quantitative estimate of drug-likeness (QED) is 0.131. The Morgan fingerprint density at radius 2 is 1.15 bits per heavy atom. The summed E-state index contributed by atoms with van der Waals surface area (Å²) in [6, 6.07) is 27.7. The molecule has 0 aliphatic carbocycles. The minimum Gasteiger partial charge on any atom is -0.744 e. The normalized spacial score (nSPS) is 11.8. The van der Waals surface area contributed by atoms with E-state index >= 15 is 0 Å². The molecule has 5 aromatic rings. The summed E-state index contributed by atoms with van der Waals surface area (Å²) in [5, 5.41) is 18.0. The van der Waals surface area contributed by atoms with Gasteiger partial charge in [-0.2, -0.15) is 5.11 Å². The molecule has 0 bridgehead atoms. The van der Waals surface area contributed by atoms with Crippen LogP contribution in [0.1, 0.15) is 12.5 Å². The smallest absolute Gasteiger partial charge is 0.744 e. The Balaban J connectivity index is 0.00000288. The van der Waals surface area contributed by atoms with Crippen LogP contribution in [0.2, 0.25) is 0 Å². The van der Waals surface area contributed by atoms with Crippen molar-refractivity contribution in [2.24, 2.45) is 20.5 Å². The van der Waals surface area contributed by atoms with Gasteiger partial charge in [-0.25, -0.2) is 16.8 Å². The number of hydrogen-bond acceptors (Lipinski definition) is 11. The van der Waals surface area contributed by atoms with Gasteiger partial charge < -0.3 is 14.0 Å². The second-order valence-electron chi connectivity index (χ2n) is 9.69. The maximum Gasteiger partial charge on any atom is 1.00 e. The first kappa shape index (κ1) is 37.6. The minimum absolute atomic E-state index is 0. The van der Waals surface area contributed by atoms with Crippen molar-refractivity contribution in [3.63, 3.8) is 0 Å². The molecule has 0 amide bonds. The van der Waals surface area contributed by atoms with E-state index in [1.54, 1.807) is 42.5 Å². The summed E-state index contributed by atoms with van der Waals surface area (Å²) in [4.78, 5) is 0.965. The molecule has 5 aromatic carbocycles. The van der Waals surface area contributed by atoms with Crippen molar-refractivity contribution < 1.29 is 85.1 Å².